The smallest absolute Gasteiger partial charge is 0.325 e. The van der Waals surface area contributed by atoms with Gasteiger partial charge in [0.05, 0.1) is 12.3 Å². The summed E-state index contributed by atoms with van der Waals surface area (Å²) in [5.74, 6) is -0.341. The van der Waals surface area contributed by atoms with E-state index >= 15 is 0 Å². The van der Waals surface area contributed by atoms with E-state index in [4.69, 9.17) is 14.5 Å². The summed E-state index contributed by atoms with van der Waals surface area (Å²) >= 11 is 0. The normalized spacial score (nSPS) is 10.5. The summed E-state index contributed by atoms with van der Waals surface area (Å²) in [7, 11) is 0. The summed E-state index contributed by atoms with van der Waals surface area (Å²) in [6.07, 6.45) is 2.50. The maximum absolute atomic E-state index is 13.2. The maximum atomic E-state index is 13.2. The number of esters is 1. The number of hydrogen-bond acceptors (Lipinski definition) is 6. The number of carbonyl (C=O) groups is 2. The van der Waals surface area contributed by atoms with Gasteiger partial charge in [-0.3, -0.25) is 9.59 Å². The van der Waals surface area contributed by atoms with Gasteiger partial charge in [0, 0.05) is 12.8 Å². The minimum Gasteiger partial charge on any atom is -0.484 e. The number of amides is 1. The lowest BCUT2D eigenvalue weighted by Gasteiger charge is -2.16. The molecule has 7 heteroatoms. The van der Waals surface area contributed by atoms with Crippen LogP contribution in [0, 0.1) is 0 Å². The van der Waals surface area contributed by atoms with Gasteiger partial charge in [0.15, 0.2) is 11.4 Å². The minimum atomic E-state index is -0.542. The summed E-state index contributed by atoms with van der Waals surface area (Å²) in [5, 5.41) is 2.60. The van der Waals surface area contributed by atoms with E-state index in [2.05, 4.69) is 41.1 Å². The van der Waals surface area contributed by atoms with Crippen molar-refractivity contribution in [2.45, 2.75) is 26.4 Å². The number of ether oxygens (including phenoxy) is 2. The van der Waals surface area contributed by atoms with Crippen LogP contribution in [-0.4, -0.2) is 35.0 Å². The Bertz CT molecular complexity index is 1410. The van der Waals surface area contributed by atoms with E-state index in [1.54, 1.807) is 13.0 Å². The van der Waals surface area contributed by atoms with Crippen molar-refractivity contribution in [2.75, 3.05) is 13.2 Å². The molecule has 0 aliphatic carbocycles. The standard InChI is InChI=1S/C32H31N3O4/c1-3-11-27-31(39-22-24-12-7-5-8-13-24)30(32(37)33-21-29(36)38-4-2)35-28(34-27)20-23-16-18-26(19-17-23)25-14-9-6-10-15-25/h3,5-10,12-19H,1,4,11,20-22H2,2H3,(H,33,37). The second-order valence-electron chi connectivity index (χ2n) is 8.76. The highest BCUT2D eigenvalue weighted by molar-refractivity contribution is 5.96. The lowest BCUT2D eigenvalue weighted by molar-refractivity contribution is -0.141. The number of benzene rings is 3. The molecule has 0 fully saturated rings. The van der Waals surface area contributed by atoms with Gasteiger partial charge in [0.2, 0.25) is 0 Å². The maximum Gasteiger partial charge on any atom is 0.325 e. The predicted molar refractivity (Wildman–Crippen MR) is 150 cm³/mol. The Labute approximate surface area is 228 Å². The van der Waals surface area contributed by atoms with Gasteiger partial charge in [-0.1, -0.05) is 91.0 Å². The van der Waals surface area contributed by atoms with Crippen molar-refractivity contribution in [2.24, 2.45) is 0 Å². The van der Waals surface area contributed by atoms with Crippen molar-refractivity contribution in [3.63, 3.8) is 0 Å². The molecule has 1 heterocycles. The van der Waals surface area contributed by atoms with E-state index in [0.717, 1.165) is 22.3 Å². The molecule has 1 aromatic heterocycles. The highest BCUT2D eigenvalue weighted by atomic mass is 16.5. The fourth-order valence-corrected chi connectivity index (χ4v) is 4.01. The number of carbonyl (C=O) groups excluding carboxylic acids is 2. The van der Waals surface area contributed by atoms with Crippen LogP contribution in [0.25, 0.3) is 11.1 Å². The lowest BCUT2D eigenvalue weighted by Crippen LogP contribution is -2.32. The molecule has 0 aliphatic heterocycles. The molecular weight excluding hydrogens is 490 g/mol. The Morgan fingerprint density at radius 3 is 2.21 bits per heavy atom. The van der Waals surface area contributed by atoms with Crippen molar-refractivity contribution in [1.82, 2.24) is 15.3 Å². The minimum absolute atomic E-state index is 0.0676. The Morgan fingerprint density at radius 1 is 0.872 bits per heavy atom. The highest BCUT2D eigenvalue weighted by Gasteiger charge is 2.22. The van der Waals surface area contributed by atoms with E-state index in [0.29, 0.717) is 24.4 Å². The van der Waals surface area contributed by atoms with Crippen molar-refractivity contribution >= 4 is 11.9 Å². The zero-order valence-electron chi connectivity index (χ0n) is 21.9. The summed E-state index contributed by atoms with van der Waals surface area (Å²) in [6, 6.07) is 27.9. The van der Waals surface area contributed by atoms with Crippen LogP contribution in [-0.2, 0) is 29.0 Å². The van der Waals surface area contributed by atoms with Crippen LogP contribution in [0.15, 0.2) is 97.6 Å². The summed E-state index contributed by atoms with van der Waals surface area (Å²) < 4.78 is 11.0. The quantitative estimate of drug-likeness (QED) is 0.200. The van der Waals surface area contributed by atoms with E-state index in [-0.39, 0.29) is 31.2 Å². The molecule has 0 aliphatic rings. The molecule has 0 unspecified atom stereocenters. The molecule has 1 amide bonds. The monoisotopic (exact) mass is 521 g/mol. The molecule has 0 saturated heterocycles. The van der Waals surface area contributed by atoms with Crippen molar-refractivity contribution in [3.8, 4) is 16.9 Å². The molecule has 198 valence electrons. The molecule has 0 radical (unpaired) electrons. The van der Waals surface area contributed by atoms with Crippen LogP contribution >= 0.6 is 0 Å². The number of nitrogens with zero attached hydrogens (tertiary/aromatic N) is 2. The first kappa shape index (κ1) is 27.3. The average Bonchev–Trinajstić information content (AvgIpc) is 2.97. The molecule has 0 saturated carbocycles. The third-order valence-corrected chi connectivity index (χ3v) is 5.88. The van der Waals surface area contributed by atoms with E-state index < -0.39 is 11.9 Å². The number of allylic oxidation sites excluding steroid dienone is 1. The third kappa shape index (κ3) is 7.61. The first-order chi connectivity index (χ1) is 19.1. The Morgan fingerprint density at radius 2 is 1.54 bits per heavy atom. The largest absolute Gasteiger partial charge is 0.484 e. The van der Waals surface area contributed by atoms with Gasteiger partial charge in [-0.25, -0.2) is 9.97 Å². The van der Waals surface area contributed by atoms with E-state index in [9.17, 15) is 9.59 Å². The first-order valence-electron chi connectivity index (χ1n) is 12.8. The van der Waals surface area contributed by atoms with Crippen molar-refractivity contribution in [1.29, 1.82) is 0 Å². The van der Waals surface area contributed by atoms with E-state index in [1.807, 2.05) is 60.7 Å². The number of aromatic nitrogens is 2. The average molecular weight is 522 g/mol. The fraction of sp³-hybridized carbons (Fsp3) is 0.188. The molecule has 0 atom stereocenters. The van der Waals surface area contributed by atoms with Crippen LogP contribution in [0.3, 0.4) is 0 Å². The zero-order valence-corrected chi connectivity index (χ0v) is 21.9. The summed E-state index contributed by atoms with van der Waals surface area (Å²) in [5.41, 5.74) is 4.79. The van der Waals surface area contributed by atoms with Crippen molar-refractivity contribution in [3.05, 3.63) is 126 Å². The van der Waals surface area contributed by atoms with Gasteiger partial charge in [-0.05, 0) is 29.2 Å². The molecule has 3 aromatic carbocycles. The van der Waals surface area contributed by atoms with Crippen LogP contribution in [0.1, 0.15) is 40.1 Å². The number of nitrogens with one attached hydrogen (secondary N) is 1. The predicted octanol–water partition coefficient (Wildman–Crippen LogP) is 5.33. The molecule has 0 spiro atoms. The first-order valence-corrected chi connectivity index (χ1v) is 12.8. The second kappa shape index (κ2) is 13.7. The third-order valence-electron chi connectivity index (χ3n) is 5.88. The van der Waals surface area contributed by atoms with Gasteiger partial charge in [-0.2, -0.15) is 0 Å². The summed E-state index contributed by atoms with van der Waals surface area (Å²) in [4.78, 5) is 34.4. The number of hydrogen-bond donors (Lipinski definition) is 1. The zero-order chi connectivity index (χ0) is 27.5. The Kier molecular flexibility index (Phi) is 9.56. The highest BCUT2D eigenvalue weighted by Crippen LogP contribution is 2.25. The fourth-order valence-electron chi connectivity index (χ4n) is 4.01. The van der Waals surface area contributed by atoms with Gasteiger partial charge in [0.1, 0.15) is 19.0 Å². The van der Waals surface area contributed by atoms with Gasteiger partial charge in [0.25, 0.3) is 5.91 Å². The molecule has 0 bridgehead atoms. The van der Waals surface area contributed by atoms with Gasteiger partial charge in [-0.15, -0.1) is 6.58 Å². The Balaban J connectivity index is 1.63. The molecule has 39 heavy (non-hydrogen) atoms. The lowest BCUT2D eigenvalue weighted by atomic mass is 10.0. The Hall–Kier alpha value is -4.78. The van der Waals surface area contributed by atoms with Crippen molar-refractivity contribution < 1.29 is 19.1 Å². The van der Waals surface area contributed by atoms with Gasteiger partial charge < -0.3 is 14.8 Å². The van der Waals surface area contributed by atoms with E-state index in [1.165, 1.54) is 0 Å². The molecule has 1 N–H and O–H groups in total. The topological polar surface area (TPSA) is 90.4 Å². The van der Waals surface area contributed by atoms with Crippen LogP contribution < -0.4 is 10.1 Å². The van der Waals surface area contributed by atoms with Crippen LogP contribution in [0.5, 0.6) is 5.75 Å². The summed E-state index contributed by atoms with van der Waals surface area (Å²) in [6.45, 7) is 5.73. The number of rotatable bonds is 12. The van der Waals surface area contributed by atoms with Crippen LogP contribution in [0.4, 0.5) is 0 Å². The molecule has 7 nitrogen and oxygen atoms in total. The SMILES string of the molecule is C=CCc1nc(Cc2ccc(-c3ccccc3)cc2)nc(C(=O)NCC(=O)OCC)c1OCc1ccccc1. The van der Waals surface area contributed by atoms with Gasteiger partial charge >= 0.3 is 5.97 Å². The van der Waals surface area contributed by atoms with Crippen LogP contribution in [0.2, 0.25) is 0 Å². The molecular formula is C32H31N3O4. The molecule has 4 aromatic rings. The second-order valence-corrected chi connectivity index (χ2v) is 8.76. The molecule has 4 rings (SSSR count).